The zero-order valence-electron chi connectivity index (χ0n) is 10.7. The molecule has 0 spiro atoms. The van der Waals surface area contributed by atoms with Gasteiger partial charge in [0.15, 0.2) is 0 Å². The van der Waals surface area contributed by atoms with Gasteiger partial charge in [-0.15, -0.1) is 0 Å². The number of aliphatic hydroxyl groups is 1. The van der Waals surface area contributed by atoms with Crippen LogP contribution in [0.1, 0.15) is 25.3 Å². The summed E-state index contributed by atoms with van der Waals surface area (Å²) in [6.07, 6.45) is 2.07. The van der Waals surface area contributed by atoms with Gasteiger partial charge in [0.25, 0.3) is 0 Å². The molecule has 18 heavy (non-hydrogen) atoms. The molecule has 4 heteroatoms. The first-order chi connectivity index (χ1) is 8.60. The number of aliphatic hydroxyl groups excluding tert-OH is 1. The van der Waals surface area contributed by atoms with Crippen molar-refractivity contribution >= 4 is 11.6 Å². The molecule has 3 nitrogen and oxygen atoms in total. The van der Waals surface area contributed by atoms with Crippen molar-refractivity contribution in [1.29, 1.82) is 0 Å². The van der Waals surface area contributed by atoms with Crippen LogP contribution >= 0.6 is 11.6 Å². The molecule has 3 atom stereocenters. The molecule has 1 aromatic carbocycles. The number of halogens is 1. The molecule has 0 radical (unpaired) electrons. The Balaban J connectivity index is 2.06. The zero-order chi connectivity index (χ0) is 13.1. The Hall–Kier alpha value is -0.770. The Morgan fingerprint density at radius 3 is 2.89 bits per heavy atom. The van der Waals surface area contributed by atoms with Crippen molar-refractivity contribution in [2.45, 2.75) is 44.5 Å². The molecular formula is C14H19ClO3. The lowest BCUT2D eigenvalue weighted by Crippen LogP contribution is -2.28. The van der Waals surface area contributed by atoms with Crippen molar-refractivity contribution in [1.82, 2.24) is 0 Å². The number of ether oxygens (including phenoxy) is 2. The predicted octanol–water partition coefficient (Wildman–Crippen LogP) is 2.82. The van der Waals surface area contributed by atoms with Gasteiger partial charge in [-0.1, -0.05) is 11.6 Å². The van der Waals surface area contributed by atoms with E-state index in [9.17, 15) is 5.11 Å². The Bertz CT molecular complexity index is 408. The first-order valence-corrected chi connectivity index (χ1v) is 6.64. The maximum absolute atomic E-state index is 10.2. The topological polar surface area (TPSA) is 38.7 Å². The van der Waals surface area contributed by atoms with Gasteiger partial charge in [-0.05, 0) is 43.5 Å². The number of benzene rings is 1. The Morgan fingerprint density at radius 2 is 2.28 bits per heavy atom. The van der Waals surface area contributed by atoms with Crippen LogP contribution in [-0.2, 0) is 11.2 Å². The van der Waals surface area contributed by atoms with Crippen molar-refractivity contribution < 1.29 is 14.6 Å². The Morgan fingerprint density at radius 1 is 1.50 bits per heavy atom. The van der Waals surface area contributed by atoms with E-state index < -0.39 is 6.10 Å². The molecule has 1 heterocycles. The smallest absolute Gasteiger partial charge is 0.122 e. The van der Waals surface area contributed by atoms with Crippen molar-refractivity contribution in [3.05, 3.63) is 28.8 Å². The molecule has 1 aromatic rings. The molecule has 100 valence electrons. The van der Waals surface area contributed by atoms with E-state index >= 15 is 0 Å². The summed E-state index contributed by atoms with van der Waals surface area (Å²) in [4.78, 5) is 0. The third kappa shape index (κ3) is 3.16. The third-order valence-electron chi connectivity index (χ3n) is 3.37. The molecule has 2 rings (SSSR count). The summed E-state index contributed by atoms with van der Waals surface area (Å²) in [5.74, 6) is 0.754. The average Bonchev–Trinajstić information content (AvgIpc) is 2.76. The minimum atomic E-state index is -0.512. The van der Waals surface area contributed by atoms with Crippen LogP contribution < -0.4 is 4.74 Å². The second-order valence-corrected chi connectivity index (χ2v) is 5.23. The highest BCUT2D eigenvalue weighted by Gasteiger charge is 2.28. The molecule has 1 aliphatic rings. The Labute approximate surface area is 113 Å². The van der Waals surface area contributed by atoms with E-state index in [-0.39, 0.29) is 12.2 Å². The highest BCUT2D eigenvalue weighted by molar-refractivity contribution is 6.30. The molecule has 3 unspecified atom stereocenters. The second kappa shape index (κ2) is 5.91. The van der Waals surface area contributed by atoms with E-state index in [1.54, 1.807) is 13.2 Å². The lowest BCUT2D eigenvalue weighted by molar-refractivity contribution is -0.0280. The van der Waals surface area contributed by atoms with Crippen molar-refractivity contribution in [3.63, 3.8) is 0 Å². The van der Waals surface area contributed by atoms with Gasteiger partial charge in [-0.25, -0.2) is 0 Å². The highest BCUT2D eigenvalue weighted by atomic mass is 35.5. The van der Waals surface area contributed by atoms with Crippen LogP contribution in [0.3, 0.4) is 0 Å². The summed E-state index contributed by atoms with van der Waals surface area (Å²) >= 11 is 5.97. The fourth-order valence-electron chi connectivity index (χ4n) is 2.38. The summed E-state index contributed by atoms with van der Waals surface area (Å²) in [7, 11) is 1.62. The molecule has 1 fully saturated rings. The van der Waals surface area contributed by atoms with E-state index in [0.717, 1.165) is 24.2 Å². The van der Waals surface area contributed by atoms with Crippen LogP contribution in [0.4, 0.5) is 0 Å². The lowest BCUT2D eigenvalue weighted by atomic mass is 10.0. The molecule has 0 aliphatic carbocycles. The van der Waals surface area contributed by atoms with Crippen LogP contribution in [0.25, 0.3) is 0 Å². The monoisotopic (exact) mass is 270 g/mol. The first kappa shape index (κ1) is 13.7. The van der Waals surface area contributed by atoms with Crippen LogP contribution in [0.2, 0.25) is 5.02 Å². The van der Waals surface area contributed by atoms with Crippen molar-refractivity contribution in [2.24, 2.45) is 0 Å². The number of hydrogen-bond donors (Lipinski definition) is 1. The van der Waals surface area contributed by atoms with Crippen LogP contribution in [-0.4, -0.2) is 30.5 Å². The summed E-state index contributed by atoms with van der Waals surface area (Å²) in [5.41, 5.74) is 0.917. The highest BCUT2D eigenvalue weighted by Crippen LogP contribution is 2.28. The number of hydrogen-bond acceptors (Lipinski definition) is 3. The molecule has 0 amide bonds. The molecule has 0 bridgehead atoms. The largest absolute Gasteiger partial charge is 0.496 e. The van der Waals surface area contributed by atoms with E-state index in [4.69, 9.17) is 21.1 Å². The standard InChI is InChI=1S/C14H19ClO3/c1-9-3-5-14(18-9)12(16)8-10-7-11(15)4-6-13(10)17-2/h4,6-7,9,12,14,16H,3,5,8H2,1-2H3. The minimum Gasteiger partial charge on any atom is -0.496 e. The quantitative estimate of drug-likeness (QED) is 0.914. The van der Waals surface area contributed by atoms with E-state index in [2.05, 4.69) is 0 Å². The molecule has 1 N–H and O–H groups in total. The van der Waals surface area contributed by atoms with Crippen molar-refractivity contribution in [3.8, 4) is 5.75 Å². The summed E-state index contributed by atoms with van der Waals surface area (Å²) in [6, 6.07) is 5.44. The zero-order valence-corrected chi connectivity index (χ0v) is 11.5. The third-order valence-corrected chi connectivity index (χ3v) is 3.60. The average molecular weight is 271 g/mol. The number of rotatable bonds is 4. The molecular weight excluding hydrogens is 252 g/mol. The van der Waals surface area contributed by atoms with Gasteiger partial charge in [0.05, 0.1) is 25.4 Å². The fraction of sp³-hybridized carbons (Fsp3) is 0.571. The van der Waals surface area contributed by atoms with Crippen molar-refractivity contribution in [2.75, 3.05) is 7.11 Å². The van der Waals surface area contributed by atoms with Crippen LogP contribution in [0, 0.1) is 0 Å². The van der Waals surface area contributed by atoms with Gasteiger partial charge in [-0.2, -0.15) is 0 Å². The lowest BCUT2D eigenvalue weighted by Gasteiger charge is -2.19. The molecule has 1 saturated heterocycles. The summed E-state index contributed by atoms with van der Waals surface area (Å²) < 4.78 is 10.9. The maximum Gasteiger partial charge on any atom is 0.122 e. The van der Waals surface area contributed by atoms with Gasteiger partial charge in [0, 0.05) is 11.4 Å². The van der Waals surface area contributed by atoms with Gasteiger partial charge < -0.3 is 14.6 Å². The minimum absolute atomic E-state index is 0.0799. The summed E-state index contributed by atoms with van der Waals surface area (Å²) in [5, 5.41) is 10.9. The van der Waals surface area contributed by atoms with E-state index in [0.29, 0.717) is 11.4 Å². The van der Waals surface area contributed by atoms with Gasteiger partial charge in [-0.3, -0.25) is 0 Å². The second-order valence-electron chi connectivity index (χ2n) is 4.79. The van der Waals surface area contributed by atoms with Gasteiger partial charge >= 0.3 is 0 Å². The normalized spacial score (nSPS) is 25.1. The van der Waals surface area contributed by atoms with E-state index in [1.807, 2.05) is 19.1 Å². The maximum atomic E-state index is 10.2. The summed E-state index contributed by atoms with van der Waals surface area (Å²) in [6.45, 7) is 2.03. The van der Waals surface area contributed by atoms with E-state index in [1.165, 1.54) is 0 Å². The molecule has 1 aliphatic heterocycles. The van der Waals surface area contributed by atoms with Gasteiger partial charge in [0.2, 0.25) is 0 Å². The fourth-order valence-corrected chi connectivity index (χ4v) is 2.57. The van der Waals surface area contributed by atoms with Crippen LogP contribution in [0.15, 0.2) is 18.2 Å². The number of methoxy groups -OCH3 is 1. The predicted molar refractivity (Wildman–Crippen MR) is 71.3 cm³/mol. The van der Waals surface area contributed by atoms with Gasteiger partial charge in [0.1, 0.15) is 5.75 Å². The molecule has 0 aromatic heterocycles. The SMILES string of the molecule is COc1ccc(Cl)cc1CC(O)C1CCC(C)O1. The first-order valence-electron chi connectivity index (χ1n) is 6.26. The van der Waals surface area contributed by atoms with Crippen LogP contribution in [0.5, 0.6) is 5.75 Å². The Kier molecular flexibility index (Phi) is 4.49. The molecule has 0 saturated carbocycles.